The Bertz CT molecular complexity index is 906. The van der Waals surface area contributed by atoms with E-state index >= 15 is 0 Å². The topological polar surface area (TPSA) is 71.5 Å². The molecule has 2 aliphatic rings. The predicted octanol–water partition coefficient (Wildman–Crippen LogP) is 4.18. The maximum Gasteiger partial charge on any atom is 0.258 e. The summed E-state index contributed by atoms with van der Waals surface area (Å²) in [4.78, 5) is 34.1. The summed E-state index contributed by atoms with van der Waals surface area (Å²) in [6.07, 6.45) is 4.98. The van der Waals surface area contributed by atoms with E-state index in [4.69, 9.17) is 4.74 Å². The normalized spacial score (nSPS) is 23.6. The summed E-state index contributed by atoms with van der Waals surface area (Å²) in [6.45, 7) is 3.92. The summed E-state index contributed by atoms with van der Waals surface area (Å²) in [5, 5.41) is 3.56. The van der Waals surface area contributed by atoms with Crippen LogP contribution in [-0.4, -0.2) is 40.9 Å². The zero-order chi connectivity index (χ0) is 20.5. The SMILES string of the molecule is COc1ccccc1C(=O)N1[C@@H]2CCCC[C@H]2C[C@H]1C(=O)Nc1nc(C)c(C)s1. The lowest BCUT2D eigenvalue weighted by atomic mass is 9.84. The van der Waals surface area contributed by atoms with Gasteiger partial charge in [0.25, 0.3) is 5.91 Å². The quantitative estimate of drug-likeness (QED) is 0.816. The molecule has 1 saturated carbocycles. The Morgan fingerprint density at radius 3 is 2.69 bits per heavy atom. The number of aryl methyl sites for hydroxylation is 2. The van der Waals surface area contributed by atoms with Gasteiger partial charge in [0, 0.05) is 10.9 Å². The van der Waals surface area contributed by atoms with Crippen molar-refractivity contribution in [3.63, 3.8) is 0 Å². The molecule has 3 atom stereocenters. The van der Waals surface area contributed by atoms with Gasteiger partial charge in [0.05, 0.1) is 18.4 Å². The second kappa shape index (κ2) is 8.14. The minimum absolute atomic E-state index is 0.108. The Morgan fingerprint density at radius 2 is 1.97 bits per heavy atom. The summed E-state index contributed by atoms with van der Waals surface area (Å²) in [6, 6.07) is 6.87. The number of amides is 2. The number of para-hydroxylation sites is 1. The number of benzene rings is 1. The molecule has 7 heteroatoms. The van der Waals surface area contributed by atoms with Gasteiger partial charge in [0.15, 0.2) is 5.13 Å². The lowest BCUT2D eigenvalue weighted by molar-refractivity contribution is -0.120. The minimum Gasteiger partial charge on any atom is -0.496 e. The van der Waals surface area contributed by atoms with Crippen molar-refractivity contribution in [2.75, 3.05) is 12.4 Å². The molecule has 2 aromatic rings. The van der Waals surface area contributed by atoms with E-state index in [0.29, 0.717) is 28.8 Å². The summed E-state index contributed by atoms with van der Waals surface area (Å²) in [7, 11) is 1.57. The fourth-order valence-electron chi connectivity index (χ4n) is 4.66. The number of nitrogens with one attached hydrogen (secondary N) is 1. The summed E-state index contributed by atoms with van der Waals surface area (Å²) >= 11 is 1.47. The standard InChI is InChI=1S/C22H27N3O3S/c1-13-14(2)29-22(23-13)24-20(26)18-12-15-8-4-6-10-17(15)25(18)21(27)16-9-5-7-11-19(16)28-3/h5,7,9,11,15,17-18H,4,6,8,10,12H2,1-3H3,(H,23,24,26)/t15-,17+,18-/m0/s1. The zero-order valence-electron chi connectivity index (χ0n) is 17.1. The molecule has 1 saturated heterocycles. The number of fused-ring (bicyclic) bond motifs is 1. The zero-order valence-corrected chi connectivity index (χ0v) is 17.9. The molecule has 2 heterocycles. The number of anilines is 1. The summed E-state index contributed by atoms with van der Waals surface area (Å²) < 4.78 is 5.41. The summed E-state index contributed by atoms with van der Waals surface area (Å²) in [5.74, 6) is 0.653. The molecule has 0 unspecified atom stereocenters. The number of methoxy groups -OCH3 is 1. The molecular formula is C22H27N3O3S. The highest BCUT2D eigenvalue weighted by Crippen LogP contribution is 2.41. The van der Waals surface area contributed by atoms with E-state index in [9.17, 15) is 9.59 Å². The van der Waals surface area contributed by atoms with Gasteiger partial charge < -0.3 is 15.0 Å². The van der Waals surface area contributed by atoms with Gasteiger partial charge in [-0.2, -0.15) is 0 Å². The maximum atomic E-state index is 13.6. The van der Waals surface area contributed by atoms with Crippen LogP contribution in [0.25, 0.3) is 0 Å². The molecule has 2 amide bonds. The van der Waals surface area contributed by atoms with Crippen molar-refractivity contribution in [3.05, 3.63) is 40.4 Å². The van der Waals surface area contributed by atoms with Crippen LogP contribution in [-0.2, 0) is 4.79 Å². The largest absolute Gasteiger partial charge is 0.496 e. The second-order valence-electron chi connectivity index (χ2n) is 7.93. The highest BCUT2D eigenvalue weighted by molar-refractivity contribution is 7.15. The van der Waals surface area contributed by atoms with Gasteiger partial charge in [-0.1, -0.05) is 25.0 Å². The van der Waals surface area contributed by atoms with Crippen LogP contribution in [0.15, 0.2) is 24.3 Å². The minimum atomic E-state index is -0.481. The smallest absolute Gasteiger partial charge is 0.258 e. The molecule has 1 aliphatic heterocycles. The molecule has 0 bridgehead atoms. The number of carbonyl (C=O) groups excluding carboxylic acids is 2. The number of likely N-dealkylation sites (tertiary alicyclic amines) is 1. The average Bonchev–Trinajstić information content (AvgIpc) is 3.27. The van der Waals surface area contributed by atoms with Crippen LogP contribution in [0.2, 0.25) is 0 Å². The van der Waals surface area contributed by atoms with Crippen LogP contribution in [0.3, 0.4) is 0 Å². The molecule has 1 aromatic carbocycles. The number of thiazole rings is 1. The third-order valence-corrected chi connectivity index (χ3v) is 7.21. The molecule has 6 nitrogen and oxygen atoms in total. The number of carbonyl (C=O) groups is 2. The highest BCUT2D eigenvalue weighted by atomic mass is 32.1. The average molecular weight is 414 g/mol. The fourth-order valence-corrected chi connectivity index (χ4v) is 5.48. The Morgan fingerprint density at radius 1 is 1.21 bits per heavy atom. The lowest BCUT2D eigenvalue weighted by Gasteiger charge is -2.33. The van der Waals surface area contributed by atoms with Crippen molar-refractivity contribution in [1.82, 2.24) is 9.88 Å². The molecule has 1 aromatic heterocycles. The van der Waals surface area contributed by atoms with E-state index in [1.807, 2.05) is 30.9 Å². The molecule has 0 spiro atoms. The van der Waals surface area contributed by atoms with Gasteiger partial charge in [-0.3, -0.25) is 9.59 Å². The van der Waals surface area contributed by atoms with E-state index in [-0.39, 0.29) is 17.9 Å². The number of hydrogen-bond acceptors (Lipinski definition) is 5. The summed E-state index contributed by atoms with van der Waals surface area (Å²) in [5.41, 5.74) is 1.44. The third-order valence-electron chi connectivity index (χ3n) is 6.22. The van der Waals surface area contributed by atoms with Crippen molar-refractivity contribution in [1.29, 1.82) is 0 Å². The monoisotopic (exact) mass is 413 g/mol. The van der Waals surface area contributed by atoms with Crippen LogP contribution in [0.4, 0.5) is 5.13 Å². The maximum absolute atomic E-state index is 13.6. The Labute approximate surface area is 175 Å². The van der Waals surface area contributed by atoms with E-state index in [1.165, 1.54) is 11.3 Å². The first-order valence-electron chi connectivity index (χ1n) is 10.2. The molecule has 1 aliphatic carbocycles. The second-order valence-corrected chi connectivity index (χ2v) is 9.13. The molecular weight excluding hydrogens is 386 g/mol. The van der Waals surface area contributed by atoms with Crippen LogP contribution in [0.5, 0.6) is 5.75 Å². The first-order chi connectivity index (χ1) is 14.0. The Balaban J connectivity index is 1.63. The van der Waals surface area contributed by atoms with Crippen LogP contribution < -0.4 is 10.1 Å². The Hall–Kier alpha value is -2.41. The van der Waals surface area contributed by atoms with Crippen molar-refractivity contribution in [2.45, 2.75) is 58.0 Å². The van der Waals surface area contributed by atoms with Crippen molar-refractivity contribution in [3.8, 4) is 5.75 Å². The number of aromatic nitrogens is 1. The van der Waals surface area contributed by atoms with E-state index in [1.54, 1.807) is 19.2 Å². The fraction of sp³-hybridized carbons (Fsp3) is 0.500. The molecule has 29 heavy (non-hydrogen) atoms. The van der Waals surface area contributed by atoms with E-state index in [0.717, 1.165) is 36.3 Å². The molecule has 154 valence electrons. The van der Waals surface area contributed by atoms with Crippen LogP contribution >= 0.6 is 11.3 Å². The molecule has 2 fully saturated rings. The highest BCUT2D eigenvalue weighted by Gasteiger charge is 2.48. The predicted molar refractivity (Wildman–Crippen MR) is 114 cm³/mol. The van der Waals surface area contributed by atoms with E-state index in [2.05, 4.69) is 10.3 Å². The number of rotatable bonds is 4. The first kappa shape index (κ1) is 19.9. The Kier molecular flexibility index (Phi) is 5.58. The number of nitrogens with zero attached hydrogens (tertiary/aromatic N) is 2. The van der Waals surface area contributed by atoms with Crippen molar-refractivity contribution < 1.29 is 14.3 Å². The van der Waals surface area contributed by atoms with Crippen molar-refractivity contribution in [2.24, 2.45) is 5.92 Å². The van der Waals surface area contributed by atoms with E-state index < -0.39 is 6.04 Å². The van der Waals surface area contributed by atoms with Crippen LogP contribution in [0, 0.1) is 19.8 Å². The van der Waals surface area contributed by atoms with Gasteiger partial charge in [0.1, 0.15) is 11.8 Å². The number of ether oxygens (including phenoxy) is 1. The van der Waals surface area contributed by atoms with Gasteiger partial charge >= 0.3 is 0 Å². The molecule has 4 rings (SSSR count). The van der Waals surface area contributed by atoms with Gasteiger partial charge in [-0.15, -0.1) is 11.3 Å². The first-order valence-corrected chi connectivity index (χ1v) is 11.0. The molecule has 1 N–H and O–H groups in total. The van der Waals surface area contributed by atoms with Gasteiger partial charge in [-0.05, 0) is 51.2 Å². The van der Waals surface area contributed by atoms with Gasteiger partial charge in [0.2, 0.25) is 5.91 Å². The van der Waals surface area contributed by atoms with Gasteiger partial charge in [-0.25, -0.2) is 4.98 Å². The third kappa shape index (κ3) is 3.75. The number of hydrogen-bond donors (Lipinski definition) is 1. The van der Waals surface area contributed by atoms with Crippen LogP contribution in [0.1, 0.15) is 53.0 Å². The molecule has 0 radical (unpaired) electrons. The lowest BCUT2D eigenvalue weighted by Crippen LogP contribution is -2.47. The van der Waals surface area contributed by atoms with Crippen molar-refractivity contribution >= 4 is 28.3 Å².